The van der Waals surface area contributed by atoms with Crippen molar-refractivity contribution in [1.29, 1.82) is 0 Å². The van der Waals surface area contributed by atoms with Gasteiger partial charge in [-0.05, 0) is 50.8 Å². The number of carbonyl (C=O) groups is 2. The van der Waals surface area contributed by atoms with Gasteiger partial charge < -0.3 is 10.2 Å². The van der Waals surface area contributed by atoms with Gasteiger partial charge in [-0.15, -0.1) is 0 Å². The standard InChI is InChI=1S/C23H28FN3O2/c1-15-20(12-16-9-10-18(24)13-21(16)25-15)23(29)27-11-5-6-17(14-27)22(28)26-19-7-3-2-4-8-19/h9-10,12-13,17,19H,2-8,11,14H2,1H3,(H,26,28)/t17-/m1/s1. The number of benzene rings is 1. The molecule has 0 unspecified atom stereocenters. The van der Waals surface area contributed by atoms with Gasteiger partial charge in [0.15, 0.2) is 0 Å². The second-order valence-electron chi connectivity index (χ2n) is 8.39. The van der Waals surface area contributed by atoms with Gasteiger partial charge >= 0.3 is 0 Å². The summed E-state index contributed by atoms with van der Waals surface area (Å²) >= 11 is 0. The van der Waals surface area contributed by atoms with Crippen molar-refractivity contribution >= 4 is 22.7 Å². The third-order valence-electron chi connectivity index (χ3n) is 6.23. The van der Waals surface area contributed by atoms with Crippen LogP contribution in [0.5, 0.6) is 0 Å². The van der Waals surface area contributed by atoms with Crippen LogP contribution in [0.1, 0.15) is 61.0 Å². The Kier molecular flexibility index (Phi) is 5.79. The Balaban J connectivity index is 1.47. The molecule has 29 heavy (non-hydrogen) atoms. The van der Waals surface area contributed by atoms with Gasteiger partial charge in [-0.3, -0.25) is 14.6 Å². The first-order chi connectivity index (χ1) is 14.0. The molecule has 1 aromatic carbocycles. The predicted octanol–water partition coefficient (Wildman–Crippen LogP) is 3.98. The van der Waals surface area contributed by atoms with Crippen LogP contribution in [-0.4, -0.2) is 40.8 Å². The van der Waals surface area contributed by atoms with Crippen LogP contribution in [-0.2, 0) is 4.79 Å². The number of likely N-dealkylation sites (tertiary alicyclic amines) is 1. The lowest BCUT2D eigenvalue weighted by atomic mass is 9.92. The number of carbonyl (C=O) groups excluding carboxylic acids is 2. The van der Waals surface area contributed by atoms with Crippen molar-refractivity contribution in [3.05, 3.63) is 41.3 Å². The van der Waals surface area contributed by atoms with E-state index in [1.807, 2.05) is 0 Å². The molecular weight excluding hydrogens is 369 g/mol. The van der Waals surface area contributed by atoms with Gasteiger partial charge in [-0.2, -0.15) is 0 Å². The number of nitrogens with zero attached hydrogens (tertiary/aromatic N) is 2. The Morgan fingerprint density at radius 3 is 2.69 bits per heavy atom. The van der Waals surface area contributed by atoms with Crippen molar-refractivity contribution in [3.8, 4) is 0 Å². The maximum atomic E-state index is 13.5. The summed E-state index contributed by atoms with van der Waals surface area (Å²) in [6, 6.07) is 6.47. The molecule has 154 valence electrons. The number of pyridine rings is 1. The summed E-state index contributed by atoms with van der Waals surface area (Å²) in [6.45, 7) is 2.86. The number of halogens is 1. The number of rotatable bonds is 3. The molecule has 1 N–H and O–H groups in total. The van der Waals surface area contributed by atoms with Gasteiger partial charge in [0.05, 0.1) is 22.7 Å². The molecule has 0 bridgehead atoms. The Labute approximate surface area is 170 Å². The van der Waals surface area contributed by atoms with E-state index in [-0.39, 0.29) is 29.6 Å². The fourth-order valence-electron chi connectivity index (χ4n) is 4.56. The molecule has 2 fully saturated rings. The first kappa shape index (κ1) is 19.8. The highest BCUT2D eigenvalue weighted by Crippen LogP contribution is 2.24. The molecule has 2 amide bonds. The fourth-order valence-corrected chi connectivity index (χ4v) is 4.56. The second-order valence-corrected chi connectivity index (χ2v) is 8.39. The summed E-state index contributed by atoms with van der Waals surface area (Å²) in [5, 5.41) is 3.94. The summed E-state index contributed by atoms with van der Waals surface area (Å²) in [5.41, 5.74) is 1.65. The zero-order valence-corrected chi connectivity index (χ0v) is 16.9. The van der Waals surface area contributed by atoms with E-state index in [0.717, 1.165) is 31.1 Å². The lowest BCUT2D eigenvalue weighted by molar-refractivity contribution is -0.127. The summed E-state index contributed by atoms with van der Waals surface area (Å²) in [5.74, 6) is -0.515. The zero-order valence-electron chi connectivity index (χ0n) is 16.9. The van der Waals surface area contributed by atoms with Crippen molar-refractivity contribution in [2.45, 2.75) is 57.9 Å². The molecule has 1 aliphatic heterocycles. The topological polar surface area (TPSA) is 62.3 Å². The average molecular weight is 397 g/mol. The van der Waals surface area contributed by atoms with E-state index in [1.54, 1.807) is 24.0 Å². The molecule has 2 heterocycles. The van der Waals surface area contributed by atoms with E-state index in [1.165, 1.54) is 31.4 Å². The molecule has 6 heteroatoms. The van der Waals surface area contributed by atoms with Crippen LogP contribution in [0.15, 0.2) is 24.3 Å². The first-order valence-electron chi connectivity index (χ1n) is 10.7. The molecule has 2 aromatic rings. The summed E-state index contributed by atoms with van der Waals surface area (Å²) in [4.78, 5) is 32.1. The van der Waals surface area contributed by atoms with Crippen LogP contribution >= 0.6 is 0 Å². The number of fused-ring (bicyclic) bond motifs is 1. The lowest BCUT2D eigenvalue weighted by Gasteiger charge is -2.33. The number of aromatic nitrogens is 1. The van der Waals surface area contributed by atoms with Crippen molar-refractivity contribution in [2.24, 2.45) is 5.92 Å². The molecule has 4 rings (SSSR count). The molecule has 1 saturated heterocycles. The largest absolute Gasteiger partial charge is 0.353 e. The van der Waals surface area contributed by atoms with Crippen molar-refractivity contribution in [3.63, 3.8) is 0 Å². The van der Waals surface area contributed by atoms with E-state index in [0.29, 0.717) is 29.9 Å². The van der Waals surface area contributed by atoms with E-state index in [9.17, 15) is 14.0 Å². The Morgan fingerprint density at radius 1 is 1.10 bits per heavy atom. The lowest BCUT2D eigenvalue weighted by Crippen LogP contribution is -2.48. The predicted molar refractivity (Wildman–Crippen MR) is 110 cm³/mol. The smallest absolute Gasteiger partial charge is 0.255 e. The Hall–Kier alpha value is -2.50. The third kappa shape index (κ3) is 4.41. The van der Waals surface area contributed by atoms with Crippen LogP contribution in [0.3, 0.4) is 0 Å². The van der Waals surface area contributed by atoms with Gasteiger partial charge in [0, 0.05) is 30.6 Å². The number of hydrogen-bond donors (Lipinski definition) is 1. The molecule has 5 nitrogen and oxygen atoms in total. The van der Waals surface area contributed by atoms with E-state index in [4.69, 9.17) is 0 Å². The Morgan fingerprint density at radius 2 is 1.90 bits per heavy atom. The molecule has 1 aromatic heterocycles. The number of amides is 2. The summed E-state index contributed by atoms with van der Waals surface area (Å²) in [7, 11) is 0. The molecule has 1 saturated carbocycles. The summed E-state index contributed by atoms with van der Waals surface area (Å²) < 4.78 is 13.5. The van der Waals surface area contributed by atoms with Gasteiger partial charge in [0.25, 0.3) is 5.91 Å². The molecular formula is C23H28FN3O2. The fraction of sp³-hybridized carbons (Fsp3) is 0.522. The van der Waals surface area contributed by atoms with Crippen LogP contribution in [0.25, 0.3) is 10.9 Å². The van der Waals surface area contributed by atoms with Crippen LogP contribution in [0.4, 0.5) is 4.39 Å². The average Bonchev–Trinajstić information content (AvgIpc) is 2.73. The zero-order chi connectivity index (χ0) is 20.4. The molecule has 0 spiro atoms. The van der Waals surface area contributed by atoms with E-state index >= 15 is 0 Å². The Bertz CT molecular complexity index is 924. The van der Waals surface area contributed by atoms with Crippen molar-refractivity contribution in [1.82, 2.24) is 15.2 Å². The summed E-state index contributed by atoms with van der Waals surface area (Å²) in [6.07, 6.45) is 7.37. The van der Waals surface area contributed by atoms with Crippen LogP contribution < -0.4 is 5.32 Å². The van der Waals surface area contributed by atoms with Gasteiger partial charge in [0.2, 0.25) is 5.91 Å². The maximum absolute atomic E-state index is 13.5. The molecule has 2 aliphatic rings. The van der Waals surface area contributed by atoms with Crippen molar-refractivity contribution in [2.75, 3.05) is 13.1 Å². The first-order valence-corrected chi connectivity index (χ1v) is 10.7. The van der Waals surface area contributed by atoms with Crippen molar-refractivity contribution < 1.29 is 14.0 Å². The highest BCUT2D eigenvalue weighted by atomic mass is 19.1. The number of nitrogens with one attached hydrogen (secondary N) is 1. The van der Waals surface area contributed by atoms with Gasteiger partial charge in [-0.25, -0.2) is 4.39 Å². The van der Waals surface area contributed by atoms with Gasteiger partial charge in [-0.1, -0.05) is 19.3 Å². The number of hydrogen-bond acceptors (Lipinski definition) is 3. The highest BCUT2D eigenvalue weighted by molar-refractivity contribution is 5.99. The minimum atomic E-state index is -0.341. The number of piperidine rings is 1. The normalized spacial score (nSPS) is 20.6. The van der Waals surface area contributed by atoms with Crippen LogP contribution in [0, 0.1) is 18.7 Å². The minimum absolute atomic E-state index is 0.0817. The quantitative estimate of drug-likeness (QED) is 0.852. The molecule has 1 atom stereocenters. The van der Waals surface area contributed by atoms with Crippen LogP contribution in [0.2, 0.25) is 0 Å². The minimum Gasteiger partial charge on any atom is -0.353 e. The second kappa shape index (κ2) is 8.47. The SMILES string of the molecule is Cc1nc2cc(F)ccc2cc1C(=O)N1CCC[C@@H](C(=O)NC2CCCCC2)C1. The van der Waals surface area contributed by atoms with Gasteiger partial charge in [0.1, 0.15) is 5.82 Å². The van der Waals surface area contributed by atoms with E-state index in [2.05, 4.69) is 10.3 Å². The molecule has 1 aliphatic carbocycles. The molecule has 0 radical (unpaired) electrons. The third-order valence-corrected chi connectivity index (χ3v) is 6.23. The highest BCUT2D eigenvalue weighted by Gasteiger charge is 2.31. The maximum Gasteiger partial charge on any atom is 0.255 e. The van der Waals surface area contributed by atoms with E-state index < -0.39 is 0 Å². The number of aryl methyl sites for hydroxylation is 1. The monoisotopic (exact) mass is 397 g/mol.